The number of hydrogen-bond acceptors (Lipinski definition) is 5. The first-order valence-corrected chi connectivity index (χ1v) is 9.21. The minimum Gasteiger partial charge on any atom is -0.433 e. The van der Waals surface area contributed by atoms with Crippen molar-refractivity contribution in [2.24, 2.45) is 0 Å². The summed E-state index contributed by atoms with van der Waals surface area (Å²) >= 11 is 0. The second-order valence-electron chi connectivity index (χ2n) is 4.36. The summed E-state index contributed by atoms with van der Waals surface area (Å²) in [5, 5.41) is 0. The second kappa shape index (κ2) is 8.94. The lowest BCUT2D eigenvalue weighted by molar-refractivity contribution is -0.0787. The molecule has 0 radical (unpaired) electrons. The van der Waals surface area contributed by atoms with Crippen molar-refractivity contribution < 1.29 is 22.8 Å². The zero-order chi connectivity index (χ0) is 15.7. The van der Waals surface area contributed by atoms with Gasteiger partial charge in [0.15, 0.2) is 6.29 Å². The van der Waals surface area contributed by atoms with Crippen LogP contribution < -0.4 is 0 Å². The average molecular weight is 312 g/mol. The van der Waals surface area contributed by atoms with Crippen molar-refractivity contribution >= 4 is 14.8 Å². The smallest absolute Gasteiger partial charge is 0.433 e. The summed E-state index contributed by atoms with van der Waals surface area (Å²) in [4.78, 5) is 12.0. The van der Waals surface area contributed by atoms with Crippen LogP contribution in [0.5, 0.6) is 0 Å². The maximum absolute atomic E-state index is 12.0. The quantitative estimate of drug-likeness (QED) is 0.398. The lowest BCUT2D eigenvalue weighted by atomic mass is 10.2. The lowest BCUT2D eigenvalue weighted by Crippen LogP contribution is -2.48. The van der Waals surface area contributed by atoms with E-state index in [-0.39, 0.29) is 0 Å². The Morgan fingerprint density at radius 2 is 1.67 bits per heavy atom. The Labute approximate surface area is 127 Å². The number of benzene rings is 1. The molecule has 0 saturated heterocycles. The minimum absolute atomic E-state index is 0.421. The molecule has 1 aromatic carbocycles. The Balaban J connectivity index is 2.65. The molecule has 5 nitrogen and oxygen atoms in total. The molecule has 0 heterocycles. The molecule has 0 aliphatic heterocycles. The summed E-state index contributed by atoms with van der Waals surface area (Å²) in [7, 11) is -2.78. The Bertz CT molecular complexity index is 417. The van der Waals surface area contributed by atoms with Gasteiger partial charge in [-0.25, -0.2) is 4.79 Å². The molecular formula is C15H24O5Si. The topological polar surface area (TPSA) is 54.0 Å². The van der Waals surface area contributed by atoms with Crippen molar-refractivity contribution in [1.82, 2.24) is 0 Å². The highest BCUT2D eigenvalue weighted by atomic mass is 28.4. The van der Waals surface area contributed by atoms with E-state index in [2.05, 4.69) is 0 Å². The highest BCUT2D eigenvalue weighted by molar-refractivity contribution is 6.60. The number of esters is 1. The van der Waals surface area contributed by atoms with Gasteiger partial charge in [-0.05, 0) is 32.9 Å². The molecule has 6 heteroatoms. The molecule has 1 unspecified atom stereocenters. The largest absolute Gasteiger partial charge is 0.503 e. The predicted molar refractivity (Wildman–Crippen MR) is 81.9 cm³/mol. The number of carbonyl (C=O) groups is 1. The first-order valence-electron chi connectivity index (χ1n) is 7.28. The number of ether oxygens (including phenoxy) is 1. The van der Waals surface area contributed by atoms with Gasteiger partial charge in [-0.3, -0.25) is 0 Å². The first-order chi connectivity index (χ1) is 10.1. The third-order valence-corrected chi connectivity index (χ3v) is 5.80. The first kappa shape index (κ1) is 17.8. The third-order valence-electron chi connectivity index (χ3n) is 2.79. The van der Waals surface area contributed by atoms with Gasteiger partial charge in [0, 0.05) is 19.3 Å². The van der Waals surface area contributed by atoms with E-state index in [4.69, 9.17) is 18.0 Å². The Hall–Kier alpha value is -1.21. The van der Waals surface area contributed by atoms with Crippen LogP contribution in [0.4, 0.5) is 0 Å². The summed E-state index contributed by atoms with van der Waals surface area (Å²) in [5.41, 5.74) is 0.490. The van der Waals surface area contributed by atoms with E-state index in [0.717, 1.165) is 0 Å². The molecule has 21 heavy (non-hydrogen) atoms. The molecule has 0 fully saturated rings. The molecule has 0 aliphatic rings. The van der Waals surface area contributed by atoms with Gasteiger partial charge in [0.05, 0.1) is 5.56 Å². The third kappa shape index (κ3) is 5.59. The van der Waals surface area contributed by atoms with Crippen LogP contribution in [0.15, 0.2) is 30.3 Å². The fraction of sp³-hybridized carbons (Fsp3) is 0.533. The van der Waals surface area contributed by atoms with Gasteiger partial charge in [-0.2, -0.15) is 0 Å². The molecule has 0 bridgehead atoms. The Kier molecular flexibility index (Phi) is 7.59. The molecule has 1 atom stereocenters. The van der Waals surface area contributed by atoms with E-state index in [0.29, 0.717) is 24.8 Å². The van der Waals surface area contributed by atoms with Crippen LogP contribution in [0, 0.1) is 0 Å². The Morgan fingerprint density at radius 3 is 2.14 bits per heavy atom. The highest BCUT2D eigenvalue weighted by Crippen LogP contribution is 2.18. The van der Waals surface area contributed by atoms with E-state index in [1.165, 1.54) is 0 Å². The summed E-state index contributed by atoms with van der Waals surface area (Å²) in [6.45, 7) is 8.40. The van der Waals surface area contributed by atoms with Crippen molar-refractivity contribution in [3.05, 3.63) is 35.9 Å². The van der Waals surface area contributed by atoms with Gasteiger partial charge in [-0.1, -0.05) is 25.1 Å². The molecule has 0 aliphatic carbocycles. The van der Waals surface area contributed by atoms with Crippen LogP contribution in [0.1, 0.15) is 38.1 Å². The maximum atomic E-state index is 12.0. The van der Waals surface area contributed by atoms with E-state index in [1.807, 2.05) is 26.8 Å². The van der Waals surface area contributed by atoms with Gasteiger partial charge >= 0.3 is 14.8 Å². The van der Waals surface area contributed by atoms with Crippen molar-refractivity contribution in [2.75, 3.05) is 13.2 Å². The van der Waals surface area contributed by atoms with Gasteiger partial charge in [0.1, 0.15) is 0 Å². The van der Waals surface area contributed by atoms with E-state index >= 15 is 0 Å². The standard InChI is InChI=1S/C15H24O5Si/c1-5-17-21(7-3,18-6-2)20-13(4)19-15(16)14-11-9-8-10-12-14/h8-13H,5-7H2,1-4H3. The normalized spacial score (nSPS) is 13.0. The van der Waals surface area contributed by atoms with Crippen LogP contribution in [0.25, 0.3) is 0 Å². The van der Waals surface area contributed by atoms with Gasteiger partial charge in [0.25, 0.3) is 0 Å². The van der Waals surface area contributed by atoms with E-state index in [1.54, 1.807) is 31.2 Å². The van der Waals surface area contributed by atoms with Crippen LogP contribution in [-0.2, 0) is 18.0 Å². The maximum Gasteiger partial charge on any atom is 0.503 e. The lowest BCUT2D eigenvalue weighted by Gasteiger charge is -2.30. The van der Waals surface area contributed by atoms with Gasteiger partial charge in [0.2, 0.25) is 0 Å². The monoisotopic (exact) mass is 312 g/mol. The van der Waals surface area contributed by atoms with Gasteiger partial charge < -0.3 is 18.0 Å². The number of carbonyl (C=O) groups excluding carboxylic acids is 1. The number of rotatable bonds is 9. The summed E-state index contributed by atoms with van der Waals surface area (Å²) < 4.78 is 22.5. The second-order valence-corrected chi connectivity index (χ2v) is 7.25. The fourth-order valence-corrected chi connectivity index (χ4v) is 4.13. The van der Waals surface area contributed by atoms with Crippen LogP contribution >= 0.6 is 0 Å². The molecule has 1 aromatic rings. The molecule has 118 valence electrons. The molecule has 1 rings (SSSR count). The molecule has 0 N–H and O–H groups in total. The SMILES string of the molecule is CCO[Si](CC)(OCC)OC(C)OC(=O)c1ccccc1. The molecule has 0 spiro atoms. The predicted octanol–water partition coefficient (Wildman–Crippen LogP) is 3.24. The highest BCUT2D eigenvalue weighted by Gasteiger charge is 2.41. The number of hydrogen-bond donors (Lipinski definition) is 0. The zero-order valence-corrected chi connectivity index (χ0v) is 14.1. The Morgan fingerprint density at radius 1 is 1.10 bits per heavy atom. The molecule has 0 aromatic heterocycles. The van der Waals surface area contributed by atoms with Crippen molar-refractivity contribution in [3.8, 4) is 0 Å². The molecule has 0 saturated carbocycles. The van der Waals surface area contributed by atoms with Crippen molar-refractivity contribution in [1.29, 1.82) is 0 Å². The molecular weight excluding hydrogens is 288 g/mol. The van der Waals surface area contributed by atoms with Crippen molar-refractivity contribution in [3.63, 3.8) is 0 Å². The minimum atomic E-state index is -2.78. The van der Waals surface area contributed by atoms with E-state index < -0.39 is 21.1 Å². The van der Waals surface area contributed by atoms with Crippen molar-refractivity contribution in [2.45, 2.75) is 40.0 Å². The van der Waals surface area contributed by atoms with Crippen LogP contribution in [0.2, 0.25) is 6.04 Å². The van der Waals surface area contributed by atoms with Crippen LogP contribution in [-0.4, -0.2) is 34.3 Å². The summed E-state index contributed by atoms with van der Waals surface area (Å²) in [6, 6.07) is 9.44. The van der Waals surface area contributed by atoms with E-state index in [9.17, 15) is 4.79 Å². The average Bonchev–Trinajstić information content (AvgIpc) is 2.48. The van der Waals surface area contributed by atoms with Crippen LogP contribution in [0.3, 0.4) is 0 Å². The summed E-state index contributed by atoms with van der Waals surface area (Å²) in [5.74, 6) is -0.421. The summed E-state index contributed by atoms with van der Waals surface area (Å²) in [6.07, 6.45) is -0.720. The molecule has 0 amide bonds. The van der Waals surface area contributed by atoms with Gasteiger partial charge in [-0.15, -0.1) is 0 Å². The fourth-order valence-electron chi connectivity index (χ4n) is 1.91. The zero-order valence-electron chi connectivity index (χ0n) is 13.1.